The molecule has 0 aliphatic rings. The summed E-state index contributed by atoms with van der Waals surface area (Å²) in [4.78, 5) is 11.0. The molecule has 0 heterocycles. The number of sulfone groups is 1. The van der Waals surface area contributed by atoms with Crippen LogP contribution in [0.1, 0.15) is 13.3 Å². The summed E-state index contributed by atoms with van der Waals surface area (Å²) in [5, 5.41) is -0.765. The van der Waals surface area contributed by atoms with E-state index < -0.39 is 21.1 Å². The molecule has 1 atom stereocenters. The average molecular weight is 286 g/mol. The van der Waals surface area contributed by atoms with Crippen LogP contribution >= 0.6 is 0 Å². The second kappa shape index (κ2) is 7.13. The van der Waals surface area contributed by atoms with Crippen molar-refractivity contribution in [1.29, 1.82) is 0 Å². The van der Waals surface area contributed by atoms with Crippen LogP contribution in [0, 0.1) is 0 Å². The fourth-order valence-corrected chi connectivity index (χ4v) is 2.55. The Labute approximate surface area is 113 Å². The van der Waals surface area contributed by atoms with Crippen molar-refractivity contribution in [3.63, 3.8) is 0 Å². The summed E-state index contributed by atoms with van der Waals surface area (Å²) >= 11 is 0. The molecule has 6 heteroatoms. The first-order chi connectivity index (χ1) is 8.95. The molecular weight excluding hydrogens is 268 g/mol. The molecule has 0 spiro atoms. The third-order valence-corrected chi connectivity index (χ3v) is 4.80. The summed E-state index contributed by atoms with van der Waals surface area (Å²) in [5.41, 5.74) is 0. The molecule has 0 saturated heterocycles. The molecule has 0 aliphatic heterocycles. The fraction of sp³-hybridized carbons (Fsp3) is 0.462. The zero-order valence-corrected chi connectivity index (χ0v) is 11.9. The van der Waals surface area contributed by atoms with E-state index >= 15 is 0 Å². The van der Waals surface area contributed by atoms with Crippen molar-refractivity contribution in [1.82, 2.24) is 0 Å². The third-order valence-electron chi connectivity index (χ3n) is 2.67. The summed E-state index contributed by atoms with van der Waals surface area (Å²) in [5.74, 6) is -0.0292. The first kappa shape index (κ1) is 15.5. The van der Waals surface area contributed by atoms with Gasteiger partial charge in [0.15, 0.2) is 9.84 Å². The highest BCUT2D eigenvalue weighted by Crippen LogP contribution is 2.11. The number of para-hydroxylation sites is 1. The maximum atomic E-state index is 11.9. The maximum absolute atomic E-state index is 11.9. The molecule has 0 fully saturated rings. The largest absolute Gasteiger partial charge is 0.493 e. The Hall–Kier alpha value is -1.56. The van der Waals surface area contributed by atoms with Crippen LogP contribution in [0.3, 0.4) is 0 Å². The van der Waals surface area contributed by atoms with Gasteiger partial charge in [-0.05, 0) is 19.1 Å². The molecule has 0 aromatic heterocycles. The Morgan fingerprint density at radius 1 is 1.26 bits per heavy atom. The summed E-state index contributed by atoms with van der Waals surface area (Å²) in [6, 6.07) is 8.98. The minimum atomic E-state index is -3.36. The number of esters is 1. The normalized spacial score (nSPS) is 12.7. The Balaban J connectivity index is 2.44. The zero-order valence-electron chi connectivity index (χ0n) is 11.0. The maximum Gasteiger partial charge on any atom is 0.306 e. The second-order valence-corrected chi connectivity index (χ2v) is 6.66. The van der Waals surface area contributed by atoms with Gasteiger partial charge in [-0.2, -0.15) is 0 Å². The molecule has 106 valence electrons. The topological polar surface area (TPSA) is 69.7 Å². The van der Waals surface area contributed by atoms with Crippen LogP contribution in [-0.4, -0.2) is 39.1 Å². The van der Waals surface area contributed by atoms with Gasteiger partial charge in [-0.15, -0.1) is 0 Å². The Kier molecular flexibility index (Phi) is 5.82. The van der Waals surface area contributed by atoms with Gasteiger partial charge in [0, 0.05) is 0 Å². The molecular formula is C13H18O5S. The highest BCUT2D eigenvalue weighted by molar-refractivity contribution is 7.92. The van der Waals surface area contributed by atoms with Crippen molar-refractivity contribution in [2.24, 2.45) is 0 Å². The Morgan fingerprint density at radius 3 is 2.47 bits per heavy atom. The third kappa shape index (κ3) is 5.30. The quantitative estimate of drug-likeness (QED) is 0.709. The standard InChI is InChI=1S/C13H18O5S/c1-11(10-13(14)17-2)19(15,16)9-8-18-12-6-4-3-5-7-12/h3-7,11H,8-10H2,1-2H3. The number of ether oxygens (including phenoxy) is 2. The molecule has 5 nitrogen and oxygen atoms in total. The lowest BCUT2D eigenvalue weighted by atomic mass is 10.3. The molecule has 0 amide bonds. The van der Waals surface area contributed by atoms with Crippen molar-refractivity contribution < 1.29 is 22.7 Å². The van der Waals surface area contributed by atoms with E-state index in [0.29, 0.717) is 5.75 Å². The predicted octanol–water partition coefficient (Wildman–Crippen LogP) is 1.43. The molecule has 1 rings (SSSR count). The summed E-state index contributed by atoms with van der Waals surface area (Å²) in [7, 11) is -2.13. The molecule has 0 saturated carbocycles. The van der Waals surface area contributed by atoms with Crippen LogP contribution in [0.5, 0.6) is 5.75 Å². The molecule has 19 heavy (non-hydrogen) atoms. The Bertz CT molecular complexity index is 495. The summed E-state index contributed by atoms with van der Waals surface area (Å²) in [6.07, 6.45) is -0.135. The molecule has 1 aromatic rings. The van der Waals surface area contributed by atoms with Gasteiger partial charge in [0.25, 0.3) is 0 Å². The minimum Gasteiger partial charge on any atom is -0.493 e. The van der Waals surface area contributed by atoms with Gasteiger partial charge in [-0.25, -0.2) is 8.42 Å². The molecule has 0 N–H and O–H groups in total. The van der Waals surface area contributed by atoms with Crippen LogP contribution in [0.4, 0.5) is 0 Å². The summed E-state index contributed by atoms with van der Waals surface area (Å²) < 4.78 is 33.6. The van der Waals surface area contributed by atoms with E-state index in [1.807, 2.05) is 18.2 Å². The van der Waals surface area contributed by atoms with E-state index in [9.17, 15) is 13.2 Å². The molecule has 0 radical (unpaired) electrons. The minimum absolute atomic E-state index is 0.0673. The van der Waals surface area contributed by atoms with Gasteiger partial charge < -0.3 is 9.47 Å². The molecule has 0 aliphatic carbocycles. The lowest BCUT2D eigenvalue weighted by Crippen LogP contribution is -2.27. The zero-order chi connectivity index (χ0) is 14.3. The van der Waals surface area contributed by atoms with Gasteiger partial charge >= 0.3 is 5.97 Å². The highest BCUT2D eigenvalue weighted by Gasteiger charge is 2.23. The first-order valence-corrected chi connectivity index (χ1v) is 7.63. The van der Waals surface area contributed by atoms with Crippen LogP contribution in [0.25, 0.3) is 0 Å². The second-order valence-electron chi connectivity index (χ2n) is 4.12. The monoisotopic (exact) mass is 286 g/mol. The van der Waals surface area contributed by atoms with Crippen LogP contribution in [0.2, 0.25) is 0 Å². The van der Waals surface area contributed by atoms with Crippen LogP contribution in [-0.2, 0) is 19.4 Å². The molecule has 1 aromatic carbocycles. The number of benzene rings is 1. The van der Waals surface area contributed by atoms with Crippen molar-refractivity contribution in [2.45, 2.75) is 18.6 Å². The highest BCUT2D eigenvalue weighted by atomic mass is 32.2. The summed E-state index contributed by atoms with van der Waals surface area (Å²) in [6.45, 7) is 1.56. The number of hydrogen-bond donors (Lipinski definition) is 0. The number of methoxy groups -OCH3 is 1. The van der Waals surface area contributed by atoms with Crippen molar-refractivity contribution in [3.8, 4) is 5.75 Å². The van der Waals surface area contributed by atoms with Gasteiger partial charge in [0.2, 0.25) is 0 Å². The van der Waals surface area contributed by atoms with E-state index in [2.05, 4.69) is 4.74 Å². The predicted molar refractivity (Wildman–Crippen MR) is 71.8 cm³/mol. The van der Waals surface area contributed by atoms with E-state index in [1.54, 1.807) is 12.1 Å². The number of rotatable bonds is 7. The number of hydrogen-bond acceptors (Lipinski definition) is 5. The fourth-order valence-electron chi connectivity index (χ4n) is 1.44. The lowest BCUT2D eigenvalue weighted by molar-refractivity contribution is -0.140. The molecule has 1 unspecified atom stereocenters. The smallest absolute Gasteiger partial charge is 0.306 e. The van der Waals surface area contributed by atoms with Crippen molar-refractivity contribution in [2.75, 3.05) is 19.5 Å². The van der Waals surface area contributed by atoms with Crippen LogP contribution in [0.15, 0.2) is 30.3 Å². The lowest BCUT2D eigenvalue weighted by Gasteiger charge is -2.12. The van der Waals surface area contributed by atoms with Crippen LogP contribution < -0.4 is 4.74 Å². The number of carbonyl (C=O) groups excluding carboxylic acids is 1. The van der Waals surface area contributed by atoms with E-state index in [1.165, 1.54) is 14.0 Å². The number of carbonyl (C=O) groups is 1. The first-order valence-electron chi connectivity index (χ1n) is 5.92. The van der Waals surface area contributed by atoms with E-state index in [-0.39, 0.29) is 18.8 Å². The van der Waals surface area contributed by atoms with Gasteiger partial charge in [-0.1, -0.05) is 18.2 Å². The van der Waals surface area contributed by atoms with Crippen molar-refractivity contribution >= 4 is 15.8 Å². The Morgan fingerprint density at radius 2 is 1.89 bits per heavy atom. The van der Waals surface area contributed by atoms with Gasteiger partial charge in [-0.3, -0.25) is 4.79 Å². The SMILES string of the molecule is COC(=O)CC(C)S(=O)(=O)CCOc1ccccc1. The van der Waals surface area contributed by atoms with Crippen molar-refractivity contribution in [3.05, 3.63) is 30.3 Å². The van der Waals surface area contributed by atoms with Gasteiger partial charge in [0.05, 0.1) is 24.5 Å². The molecule has 0 bridgehead atoms. The van der Waals surface area contributed by atoms with Gasteiger partial charge in [0.1, 0.15) is 12.4 Å². The van der Waals surface area contributed by atoms with E-state index in [4.69, 9.17) is 4.74 Å². The van der Waals surface area contributed by atoms with E-state index in [0.717, 1.165) is 0 Å². The average Bonchev–Trinajstić information content (AvgIpc) is 2.39.